The second-order valence-electron chi connectivity index (χ2n) is 6.76. The third kappa shape index (κ3) is 5.39. The molecule has 2 heterocycles. The van der Waals surface area contributed by atoms with Crippen molar-refractivity contribution in [3.63, 3.8) is 0 Å². The Balaban J connectivity index is 1.36. The van der Waals surface area contributed by atoms with E-state index in [1.807, 2.05) is 6.07 Å². The lowest BCUT2D eigenvalue weighted by Gasteiger charge is -2.10. The zero-order valence-corrected chi connectivity index (χ0v) is 17.9. The first-order valence-corrected chi connectivity index (χ1v) is 10.6. The largest absolute Gasteiger partial charge is 0.457 e. The zero-order chi connectivity index (χ0) is 23.2. The van der Waals surface area contributed by atoms with E-state index < -0.39 is 11.8 Å². The first-order valence-electron chi connectivity index (χ1n) is 9.66. The Kier molecular flexibility index (Phi) is 6.71. The summed E-state index contributed by atoms with van der Waals surface area (Å²) >= 11 is 1.06. The van der Waals surface area contributed by atoms with Crippen LogP contribution in [0, 0.1) is 17.1 Å². The Hall–Kier alpha value is -4.10. The number of nitrogens with one attached hydrogen (secondary N) is 1. The number of halogens is 1. The molecule has 3 aromatic rings. The van der Waals surface area contributed by atoms with Crippen LogP contribution in [-0.2, 0) is 16.1 Å². The highest BCUT2D eigenvalue weighted by molar-refractivity contribution is 8.00. The van der Waals surface area contributed by atoms with Crippen molar-refractivity contribution in [2.75, 3.05) is 17.9 Å². The fourth-order valence-electron chi connectivity index (χ4n) is 2.94. The van der Waals surface area contributed by atoms with Crippen molar-refractivity contribution in [3.8, 4) is 17.6 Å². The van der Waals surface area contributed by atoms with Gasteiger partial charge in [0, 0.05) is 23.5 Å². The second kappa shape index (κ2) is 10.0. The van der Waals surface area contributed by atoms with Crippen molar-refractivity contribution < 1.29 is 28.2 Å². The number of hydrogen-bond donors (Lipinski definition) is 1. The molecule has 1 aromatic heterocycles. The number of esters is 1. The fourth-order valence-corrected chi connectivity index (χ4v) is 3.72. The van der Waals surface area contributed by atoms with Crippen molar-refractivity contribution in [1.29, 1.82) is 5.26 Å². The zero-order valence-electron chi connectivity index (χ0n) is 17.0. The van der Waals surface area contributed by atoms with Crippen LogP contribution in [0.5, 0.6) is 11.5 Å². The monoisotopic (exact) mass is 465 g/mol. The lowest BCUT2D eigenvalue weighted by molar-refractivity contribution is -0.113. The Morgan fingerprint density at radius 3 is 2.88 bits per heavy atom. The maximum Gasteiger partial charge on any atom is 0.341 e. The van der Waals surface area contributed by atoms with Crippen molar-refractivity contribution in [3.05, 3.63) is 77.2 Å². The summed E-state index contributed by atoms with van der Waals surface area (Å²) in [5.74, 6) is -0.458. The highest BCUT2D eigenvalue weighted by Crippen LogP contribution is 2.34. The van der Waals surface area contributed by atoms with Crippen molar-refractivity contribution in [2.24, 2.45) is 0 Å². The predicted octanol–water partition coefficient (Wildman–Crippen LogP) is 3.91. The predicted molar refractivity (Wildman–Crippen MR) is 116 cm³/mol. The third-order valence-corrected chi connectivity index (χ3v) is 5.53. The Labute approximate surface area is 192 Å². The number of pyridine rings is 1. The van der Waals surface area contributed by atoms with E-state index in [0.717, 1.165) is 17.8 Å². The molecule has 1 N–H and O–H groups in total. The molecule has 4 rings (SSSR count). The number of thioether (sulfide) groups is 1. The quantitative estimate of drug-likeness (QED) is 0.413. The molecule has 0 atom stereocenters. The van der Waals surface area contributed by atoms with Crippen LogP contribution >= 0.6 is 11.8 Å². The van der Waals surface area contributed by atoms with Gasteiger partial charge in [-0.15, -0.1) is 0 Å². The lowest BCUT2D eigenvalue weighted by atomic mass is 10.1. The van der Waals surface area contributed by atoms with E-state index in [2.05, 4.69) is 10.3 Å². The molecule has 33 heavy (non-hydrogen) atoms. The molecule has 0 aliphatic carbocycles. The normalized spacial score (nSPS) is 11.5. The van der Waals surface area contributed by atoms with Crippen LogP contribution in [0.2, 0.25) is 0 Å². The first kappa shape index (κ1) is 22.1. The van der Waals surface area contributed by atoms with Crippen LogP contribution in [0.4, 0.5) is 10.1 Å². The van der Waals surface area contributed by atoms with Crippen molar-refractivity contribution in [2.45, 2.75) is 11.6 Å². The summed E-state index contributed by atoms with van der Waals surface area (Å²) < 4.78 is 29.7. The number of fused-ring (bicyclic) bond motifs is 1. The van der Waals surface area contributed by atoms with Crippen LogP contribution in [0.15, 0.2) is 59.8 Å². The summed E-state index contributed by atoms with van der Waals surface area (Å²) in [5, 5.41) is 12.0. The molecular weight excluding hydrogens is 449 g/mol. The molecule has 1 aliphatic rings. The Morgan fingerprint density at radius 1 is 1.18 bits per heavy atom. The van der Waals surface area contributed by atoms with E-state index in [1.54, 1.807) is 24.3 Å². The number of hydrogen-bond acceptors (Lipinski definition) is 8. The molecule has 0 unspecified atom stereocenters. The van der Waals surface area contributed by atoms with Crippen LogP contribution in [0.25, 0.3) is 0 Å². The highest BCUT2D eigenvalue weighted by atomic mass is 32.2. The van der Waals surface area contributed by atoms with Gasteiger partial charge in [0.15, 0.2) is 11.5 Å². The summed E-state index contributed by atoms with van der Waals surface area (Å²) in [6, 6.07) is 13.8. The number of aromatic nitrogens is 1. The number of anilines is 1. The smallest absolute Gasteiger partial charge is 0.341 e. The minimum absolute atomic E-state index is 0.00935. The summed E-state index contributed by atoms with van der Waals surface area (Å²) in [6.45, 7) is -0.207. The van der Waals surface area contributed by atoms with Crippen molar-refractivity contribution in [1.82, 2.24) is 4.98 Å². The molecule has 0 bridgehead atoms. The molecule has 0 spiro atoms. The first-order chi connectivity index (χ1) is 16.0. The third-order valence-electron chi connectivity index (χ3n) is 4.52. The van der Waals surface area contributed by atoms with Crippen LogP contribution < -0.4 is 14.8 Å². The topological polar surface area (TPSA) is 111 Å². The molecular formula is C23H16FN3O5S. The molecule has 2 aromatic carbocycles. The number of carbonyl (C=O) groups is 2. The van der Waals surface area contributed by atoms with Crippen LogP contribution in [0.1, 0.15) is 21.5 Å². The molecule has 0 saturated carbocycles. The maximum absolute atomic E-state index is 13.9. The average Bonchev–Trinajstić information content (AvgIpc) is 3.30. The molecule has 0 radical (unpaired) electrons. The van der Waals surface area contributed by atoms with Gasteiger partial charge in [0.2, 0.25) is 12.7 Å². The van der Waals surface area contributed by atoms with Gasteiger partial charge in [-0.25, -0.2) is 14.2 Å². The minimum Gasteiger partial charge on any atom is -0.457 e. The summed E-state index contributed by atoms with van der Waals surface area (Å²) in [5.41, 5.74) is 1.04. The van der Waals surface area contributed by atoms with Gasteiger partial charge in [0.1, 0.15) is 17.5 Å². The van der Waals surface area contributed by atoms with E-state index >= 15 is 0 Å². The molecule has 0 saturated heterocycles. The summed E-state index contributed by atoms with van der Waals surface area (Å²) in [7, 11) is 0. The van der Waals surface area contributed by atoms with Gasteiger partial charge in [-0.05, 0) is 42.5 Å². The number of benzene rings is 2. The average molecular weight is 465 g/mol. The van der Waals surface area contributed by atoms with Gasteiger partial charge < -0.3 is 19.5 Å². The molecule has 10 heteroatoms. The van der Waals surface area contributed by atoms with Gasteiger partial charge in [0.05, 0.1) is 22.9 Å². The van der Waals surface area contributed by atoms with E-state index in [0.29, 0.717) is 22.2 Å². The number of nitriles is 1. The standard InChI is InChI=1S/C23H16FN3O5S/c24-18-5-3-14(10-25)8-15(18)11-30-23(29)17-2-1-7-26-22(17)33-12-21(28)27-16-4-6-19-20(9-16)32-13-31-19/h1-9H,11-13H2,(H,27,28). The summed E-state index contributed by atoms with van der Waals surface area (Å²) in [4.78, 5) is 29.1. The molecule has 0 fully saturated rings. The minimum atomic E-state index is -0.719. The number of amides is 1. The van der Waals surface area contributed by atoms with Crippen LogP contribution in [-0.4, -0.2) is 29.4 Å². The maximum atomic E-state index is 13.9. The van der Waals surface area contributed by atoms with E-state index in [4.69, 9.17) is 19.5 Å². The highest BCUT2D eigenvalue weighted by Gasteiger charge is 2.18. The van der Waals surface area contributed by atoms with E-state index in [-0.39, 0.29) is 41.8 Å². The number of rotatable bonds is 7. The van der Waals surface area contributed by atoms with Crippen LogP contribution in [0.3, 0.4) is 0 Å². The SMILES string of the molecule is N#Cc1ccc(F)c(COC(=O)c2cccnc2SCC(=O)Nc2ccc3c(c2)OCO3)c1. The molecule has 8 nitrogen and oxygen atoms in total. The van der Waals surface area contributed by atoms with Gasteiger partial charge >= 0.3 is 5.97 Å². The number of ether oxygens (including phenoxy) is 3. The number of carbonyl (C=O) groups excluding carboxylic acids is 2. The van der Waals surface area contributed by atoms with E-state index in [9.17, 15) is 14.0 Å². The molecule has 1 amide bonds. The lowest BCUT2D eigenvalue weighted by Crippen LogP contribution is -2.15. The summed E-state index contributed by atoms with van der Waals surface area (Å²) in [6.07, 6.45) is 1.49. The molecule has 166 valence electrons. The molecule has 1 aliphatic heterocycles. The van der Waals surface area contributed by atoms with Gasteiger partial charge in [-0.3, -0.25) is 4.79 Å². The fraction of sp³-hybridized carbons (Fsp3) is 0.130. The Bertz CT molecular complexity index is 1260. The van der Waals surface area contributed by atoms with Gasteiger partial charge in [-0.2, -0.15) is 5.26 Å². The van der Waals surface area contributed by atoms with Crippen molar-refractivity contribution >= 4 is 29.3 Å². The number of nitrogens with zero attached hydrogens (tertiary/aromatic N) is 2. The second-order valence-corrected chi connectivity index (χ2v) is 7.72. The van der Waals surface area contributed by atoms with E-state index in [1.165, 1.54) is 24.4 Å². The Morgan fingerprint density at radius 2 is 2.03 bits per heavy atom. The van der Waals surface area contributed by atoms with Gasteiger partial charge in [-0.1, -0.05) is 11.8 Å². The van der Waals surface area contributed by atoms with Gasteiger partial charge in [0.25, 0.3) is 0 Å².